The summed E-state index contributed by atoms with van der Waals surface area (Å²) in [5, 5.41) is 9.68. The van der Waals surface area contributed by atoms with Crippen LogP contribution < -0.4 is 4.90 Å². The highest BCUT2D eigenvalue weighted by molar-refractivity contribution is 6.31. The van der Waals surface area contributed by atoms with Crippen LogP contribution in [0.25, 0.3) is 11.0 Å². The first-order chi connectivity index (χ1) is 10.5. The predicted octanol–water partition coefficient (Wildman–Crippen LogP) is 2.86. The van der Waals surface area contributed by atoms with Crippen LogP contribution in [0.2, 0.25) is 5.02 Å². The van der Waals surface area contributed by atoms with E-state index in [9.17, 15) is 4.79 Å². The van der Waals surface area contributed by atoms with Gasteiger partial charge < -0.3 is 14.9 Å². The number of aromatic nitrogens is 2. The van der Waals surface area contributed by atoms with Gasteiger partial charge in [-0.1, -0.05) is 11.6 Å². The van der Waals surface area contributed by atoms with E-state index in [0.29, 0.717) is 5.02 Å². The SMILES string of the molecule is CN(C(=O)O)C1CCN(c2cnc3cc(Cl)ccc3n2)CC1. The highest BCUT2D eigenvalue weighted by Gasteiger charge is 2.25. The van der Waals surface area contributed by atoms with E-state index in [1.54, 1.807) is 25.4 Å². The summed E-state index contributed by atoms with van der Waals surface area (Å²) in [6, 6.07) is 5.53. The lowest BCUT2D eigenvalue weighted by atomic mass is 10.0. The van der Waals surface area contributed by atoms with Gasteiger partial charge in [-0.05, 0) is 31.0 Å². The molecule has 1 aromatic carbocycles. The van der Waals surface area contributed by atoms with Crippen molar-refractivity contribution in [2.45, 2.75) is 18.9 Å². The van der Waals surface area contributed by atoms with Crippen molar-refractivity contribution < 1.29 is 9.90 Å². The maximum absolute atomic E-state index is 11.0. The molecule has 1 aliphatic rings. The summed E-state index contributed by atoms with van der Waals surface area (Å²) < 4.78 is 0. The van der Waals surface area contributed by atoms with Crippen LogP contribution >= 0.6 is 11.6 Å². The van der Waals surface area contributed by atoms with Crippen molar-refractivity contribution in [2.24, 2.45) is 0 Å². The molecule has 1 fully saturated rings. The molecule has 1 N–H and O–H groups in total. The largest absolute Gasteiger partial charge is 0.465 e. The van der Waals surface area contributed by atoms with Crippen LogP contribution in [-0.4, -0.2) is 52.2 Å². The van der Waals surface area contributed by atoms with Gasteiger partial charge in [-0.2, -0.15) is 0 Å². The number of carboxylic acid groups (broad SMARTS) is 1. The summed E-state index contributed by atoms with van der Waals surface area (Å²) in [7, 11) is 1.63. The molecule has 0 radical (unpaired) electrons. The van der Waals surface area contributed by atoms with Crippen LogP contribution in [-0.2, 0) is 0 Å². The third kappa shape index (κ3) is 2.92. The van der Waals surface area contributed by atoms with Crippen molar-refractivity contribution >= 4 is 34.5 Å². The number of piperidine rings is 1. The maximum atomic E-state index is 11.0. The summed E-state index contributed by atoms with van der Waals surface area (Å²) in [6.45, 7) is 1.55. The molecular weight excluding hydrogens is 304 g/mol. The number of nitrogens with zero attached hydrogens (tertiary/aromatic N) is 4. The molecule has 0 spiro atoms. The fourth-order valence-electron chi connectivity index (χ4n) is 2.76. The molecule has 0 bridgehead atoms. The summed E-state index contributed by atoms with van der Waals surface area (Å²) in [4.78, 5) is 23.6. The Morgan fingerprint density at radius 1 is 1.36 bits per heavy atom. The first-order valence-corrected chi connectivity index (χ1v) is 7.55. The highest BCUT2D eigenvalue weighted by Crippen LogP contribution is 2.23. The second-order valence-corrected chi connectivity index (χ2v) is 5.91. The Morgan fingerprint density at radius 3 is 2.77 bits per heavy atom. The van der Waals surface area contributed by atoms with Crippen LogP contribution in [0.1, 0.15) is 12.8 Å². The zero-order valence-corrected chi connectivity index (χ0v) is 13.0. The molecule has 3 rings (SSSR count). The Hall–Kier alpha value is -2.08. The molecule has 7 heteroatoms. The first-order valence-electron chi connectivity index (χ1n) is 7.17. The van der Waals surface area contributed by atoms with Gasteiger partial charge in [0, 0.05) is 31.2 Å². The van der Waals surface area contributed by atoms with E-state index in [1.165, 1.54) is 4.90 Å². The monoisotopic (exact) mass is 320 g/mol. The van der Waals surface area contributed by atoms with E-state index >= 15 is 0 Å². The van der Waals surface area contributed by atoms with E-state index < -0.39 is 6.09 Å². The molecule has 6 nitrogen and oxygen atoms in total. The van der Waals surface area contributed by atoms with Crippen LogP contribution in [0.5, 0.6) is 0 Å². The number of hydrogen-bond acceptors (Lipinski definition) is 4. The molecular formula is C15H17ClN4O2. The van der Waals surface area contributed by atoms with Gasteiger partial charge in [0.15, 0.2) is 0 Å². The van der Waals surface area contributed by atoms with E-state index in [-0.39, 0.29) is 6.04 Å². The van der Waals surface area contributed by atoms with Gasteiger partial charge in [0.25, 0.3) is 0 Å². The van der Waals surface area contributed by atoms with Crippen molar-refractivity contribution in [3.8, 4) is 0 Å². The van der Waals surface area contributed by atoms with Gasteiger partial charge in [-0.25, -0.2) is 9.78 Å². The number of fused-ring (bicyclic) bond motifs is 1. The Balaban J connectivity index is 1.73. The minimum Gasteiger partial charge on any atom is -0.465 e. The molecule has 1 aromatic heterocycles. The van der Waals surface area contributed by atoms with Crippen molar-refractivity contribution in [1.29, 1.82) is 0 Å². The lowest BCUT2D eigenvalue weighted by Crippen LogP contribution is -2.45. The van der Waals surface area contributed by atoms with Crippen molar-refractivity contribution in [3.63, 3.8) is 0 Å². The van der Waals surface area contributed by atoms with Gasteiger partial charge in [0.05, 0.1) is 17.2 Å². The number of anilines is 1. The van der Waals surface area contributed by atoms with E-state index in [2.05, 4.69) is 14.9 Å². The molecule has 1 saturated heterocycles. The maximum Gasteiger partial charge on any atom is 0.407 e. The van der Waals surface area contributed by atoms with Crippen molar-refractivity contribution in [3.05, 3.63) is 29.4 Å². The number of amides is 1. The zero-order chi connectivity index (χ0) is 15.7. The Bertz CT molecular complexity index is 701. The van der Waals surface area contributed by atoms with E-state index in [1.807, 2.05) is 6.07 Å². The first kappa shape index (κ1) is 14.8. The average Bonchev–Trinajstić information content (AvgIpc) is 2.53. The van der Waals surface area contributed by atoms with Crippen LogP contribution in [0.15, 0.2) is 24.4 Å². The number of hydrogen-bond donors (Lipinski definition) is 1. The summed E-state index contributed by atoms with van der Waals surface area (Å²) in [5.74, 6) is 0.825. The van der Waals surface area contributed by atoms with Crippen molar-refractivity contribution in [1.82, 2.24) is 14.9 Å². The lowest BCUT2D eigenvalue weighted by molar-refractivity contribution is 0.131. The third-order valence-corrected chi connectivity index (χ3v) is 4.36. The minimum absolute atomic E-state index is 0.0703. The van der Waals surface area contributed by atoms with Crippen LogP contribution in [0.3, 0.4) is 0 Å². The van der Waals surface area contributed by atoms with E-state index in [4.69, 9.17) is 16.7 Å². The normalized spacial score (nSPS) is 16.0. The number of halogens is 1. The number of rotatable bonds is 2. The molecule has 0 saturated carbocycles. The summed E-state index contributed by atoms with van der Waals surface area (Å²) in [5.41, 5.74) is 1.59. The minimum atomic E-state index is -0.874. The summed E-state index contributed by atoms with van der Waals surface area (Å²) >= 11 is 5.95. The molecule has 116 valence electrons. The Kier molecular flexibility index (Phi) is 4.02. The molecule has 2 aromatic rings. The smallest absolute Gasteiger partial charge is 0.407 e. The average molecular weight is 321 g/mol. The van der Waals surface area contributed by atoms with E-state index in [0.717, 1.165) is 42.8 Å². The van der Waals surface area contributed by atoms with Gasteiger partial charge in [0.1, 0.15) is 5.82 Å². The molecule has 0 aliphatic carbocycles. The standard InChI is InChI=1S/C15H17ClN4O2/c1-19(15(21)22)11-4-6-20(7-5-11)14-9-17-13-8-10(16)2-3-12(13)18-14/h2-3,8-9,11H,4-7H2,1H3,(H,21,22). The number of carbonyl (C=O) groups is 1. The topological polar surface area (TPSA) is 69.6 Å². The predicted molar refractivity (Wildman–Crippen MR) is 85.6 cm³/mol. The Morgan fingerprint density at radius 2 is 2.09 bits per heavy atom. The van der Waals surface area contributed by atoms with Crippen LogP contribution in [0.4, 0.5) is 10.6 Å². The highest BCUT2D eigenvalue weighted by atomic mass is 35.5. The second-order valence-electron chi connectivity index (χ2n) is 5.47. The van der Waals surface area contributed by atoms with Gasteiger partial charge in [-0.3, -0.25) is 4.98 Å². The quantitative estimate of drug-likeness (QED) is 0.921. The lowest BCUT2D eigenvalue weighted by Gasteiger charge is -2.36. The molecule has 1 amide bonds. The summed E-state index contributed by atoms with van der Waals surface area (Å²) in [6.07, 6.45) is 2.47. The molecule has 1 aliphatic heterocycles. The molecule has 2 heterocycles. The fourth-order valence-corrected chi connectivity index (χ4v) is 2.93. The Labute approximate surface area is 133 Å². The number of benzene rings is 1. The fraction of sp³-hybridized carbons (Fsp3) is 0.400. The van der Waals surface area contributed by atoms with Gasteiger partial charge in [0.2, 0.25) is 0 Å². The second kappa shape index (κ2) is 5.96. The van der Waals surface area contributed by atoms with Crippen LogP contribution in [0, 0.1) is 0 Å². The zero-order valence-electron chi connectivity index (χ0n) is 12.2. The molecule has 22 heavy (non-hydrogen) atoms. The van der Waals surface area contributed by atoms with Gasteiger partial charge in [-0.15, -0.1) is 0 Å². The van der Waals surface area contributed by atoms with Crippen molar-refractivity contribution in [2.75, 3.05) is 25.0 Å². The molecule has 0 atom stereocenters. The van der Waals surface area contributed by atoms with Gasteiger partial charge >= 0.3 is 6.09 Å². The molecule has 0 unspecified atom stereocenters. The third-order valence-electron chi connectivity index (χ3n) is 4.13.